The number of hydrogen-bond acceptors (Lipinski definition) is 4. The predicted octanol–water partition coefficient (Wildman–Crippen LogP) is 3.10. The molecule has 0 N–H and O–H groups in total. The summed E-state index contributed by atoms with van der Waals surface area (Å²) in [6.07, 6.45) is 9.38. The molecular formula is C14H21N5. The quantitative estimate of drug-likeness (QED) is 0.683. The summed E-state index contributed by atoms with van der Waals surface area (Å²) in [5.74, 6) is 0.758. The predicted molar refractivity (Wildman–Crippen MR) is 74.4 cm³/mol. The maximum absolute atomic E-state index is 4.29. The van der Waals surface area contributed by atoms with Crippen LogP contribution in [0.15, 0.2) is 24.4 Å². The first-order chi connectivity index (χ1) is 9.42. The molecule has 0 unspecified atom stereocenters. The summed E-state index contributed by atoms with van der Waals surface area (Å²) in [7, 11) is 0. The van der Waals surface area contributed by atoms with Crippen molar-refractivity contribution >= 4 is 0 Å². The molecule has 0 aliphatic carbocycles. The number of aryl methyl sites for hydroxylation is 1. The van der Waals surface area contributed by atoms with Crippen LogP contribution in [0.4, 0.5) is 0 Å². The Hall–Kier alpha value is -1.78. The average Bonchev–Trinajstić information content (AvgIpc) is 2.92. The van der Waals surface area contributed by atoms with E-state index in [1.54, 1.807) is 6.20 Å². The zero-order chi connectivity index (χ0) is 13.3. The van der Waals surface area contributed by atoms with Crippen LogP contribution in [0.1, 0.15) is 45.4 Å². The van der Waals surface area contributed by atoms with Gasteiger partial charge in [0.25, 0.3) is 0 Å². The van der Waals surface area contributed by atoms with Crippen LogP contribution in [0.5, 0.6) is 0 Å². The van der Waals surface area contributed by atoms with Gasteiger partial charge in [-0.15, -0.1) is 5.10 Å². The van der Waals surface area contributed by atoms with Crippen molar-refractivity contribution in [2.24, 2.45) is 0 Å². The summed E-state index contributed by atoms with van der Waals surface area (Å²) in [5.41, 5.74) is 0.832. The topological polar surface area (TPSA) is 56.5 Å². The summed E-state index contributed by atoms with van der Waals surface area (Å²) in [6.45, 7) is 3.10. The van der Waals surface area contributed by atoms with Gasteiger partial charge < -0.3 is 0 Å². The van der Waals surface area contributed by atoms with E-state index in [1.807, 2.05) is 22.9 Å². The number of unbranched alkanes of at least 4 members (excludes halogenated alkanes) is 5. The maximum Gasteiger partial charge on any atom is 0.200 e. The fourth-order valence-corrected chi connectivity index (χ4v) is 2.08. The fourth-order valence-electron chi connectivity index (χ4n) is 2.08. The summed E-state index contributed by atoms with van der Waals surface area (Å²) < 4.78 is 1.85. The van der Waals surface area contributed by atoms with Crippen molar-refractivity contribution in [1.29, 1.82) is 0 Å². The molecule has 0 radical (unpaired) electrons. The Labute approximate surface area is 114 Å². The van der Waals surface area contributed by atoms with Gasteiger partial charge in [-0.3, -0.25) is 4.98 Å². The van der Waals surface area contributed by atoms with Gasteiger partial charge in [0, 0.05) is 12.7 Å². The number of aromatic nitrogens is 5. The standard InChI is InChI=1S/C14H21N5/c1-2-3-4-5-6-9-12-19-14(16-17-18-19)13-10-7-8-11-15-13/h7-8,10-11H,2-6,9,12H2,1H3. The molecule has 0 fully saturated rings. The smallest absolute Gasteiger partial charge is 0.200 e. The van der Waals surface area contributed by atoms with Gasteiger partial charge >= 0.3 is 0 Å². The van der Waals surface area contributed by atoms with E-state index < -0.39 is 0 Å². The largest absolute Gasteiger partial charge is 0.253 e. The van der Waals surface area contributed by atoms with Gasteiger partial charge in [-0.1, -0.05) is 45.1 Å². The molecular weight excluding hydrogens is 238 g/mol. The summed E-state index contributed by atoms with van der Waals surface area (Å²) in [6, 6.07) is 5.78. The highest BCUT2D eigenvalue weighted by Crippen LogP contribution is 2.13. The lowest BCUT2D eigenvalue weighted by molar-refractivity contribution is 0.519. The lowest BCUT2D eigenvalue weighted by Gasteiger charge is -2.04. The summed E-state index contributed by atoms with van der Waals surface area (Å²) >= 11 is 0. The minimum Gasteiger partial charge on any atom is -0.253 e. The first-order valence-corrected chi connectivity index (χ1v) is 7.09. The van der Waals surface area contributed by atoms with Gasteiger partial charge in [0.15, 0.2) is 0 Å². The van der Waals surface area contributed by atoms with Crippen molar-refractivity contribution < 1.29 is 0 Å². The molecule has 0 aliphatic rings. The van der Waals surface area contributed by atoms with E-state index in [2.05, 4.69) is 27.4 Å². The number of tetrazole rings is 1. The monoisotopic (exact) mass is 259 g/mol. The molecule has 2 aromatic heterocycles. The molecule has 0 saturated heterocycles. The van der Waals surface area contributed by atoms with Gasteiger partial charge in [0.1, 0.15) is 5.69 Å². The third-order valence-electron chi connectivity index (χ3n) is 3.15. The molecule has 0 amide bonds. The highest BCUT2D eigenvalue weighted by molar-refractivity contribution is 5.47. The molecule has 0 bridgehead atoms. The first-order valence-electron chi connectivity index (χ1n) is 7.09. The molecule has 5 nitrogen and oxygen atoms in total. The van der Waals surface area contributed by atoms with Crippen molar-refractivity contribution in [3.63, 3.8) is 0 Å². The van der Waals surface area contributed by atoms with Crippen LogP contribution in [0.25, 0.3) is 11.5 Å². The molecule has 2 rings (SSSR count). The third-order valence-corrected chi connectivity index (χ3v) is 3.15. The Bertz CT molecular complexity index is 466. The molecule has 2 aromatic rings. The average molecular weight is 259 g/mol. The molecule has 102 valence electrons. The van der Waals surface area contributed by atoms with Crippen LogP contribution in [-0.2, 0) is 6.54 Å². The minimum absolute atomic E-state index is 0.758. The van der Waals surface area contributed by atoms with Crippen molar-refractivity contribution in [2.45, 2.75) is 52.0 Å². The number of hydrogen-bond donors (Lipinski definition) is 0. The molecule has 19 heavy (non-hydrogen) atoms. The van der Waals surface area contributed by atoms with E-state index in [-0.39, 0.29) is 0 Å². The Kier molecular flexibility index (Phi) is 5.47. The number of nitrogens with zero attached hydrogens (tertiary/aromatic N) is 5. The number of pyridine rings is 1. The second-order valence-corrected chi connectivity index (χ2v) is 4.71. The van der Waals surface area contributed by atoms with E-state index in [0.29, 0.717) is 0 Å². The molecule has 0 saturated carbocycles. The van der Waals surface area contributed by atoms with Crippen LogP contribution < -0.4 is 0 Å². The highest BCUT2D eigenvalue weighted by Gasteiger charge is 2.08. The minimum atomic E-state index is 0.758. The van der Waals surface area contributed by atoms with E-state index in [9.17, 15) is 0 Å². The third kappa shape index (κ3) is 4.12. The van der Waals surface area contributed by atoms with Gasteiger partial charge in [0.05, 0.1) is 0 Å². The summed E-state index contributed by atoms with van der Waals surface area (Å²) in [4.78, 5) is 4.29. The van der Waals surface area contributed by atoms with Crippen LogP contribution in [0.2, 0.25) is 0 Å². The maximum atomic E-state index is 4.29. The fraction of sp³-hybridized carbons (Fsp3) is 0.571. The Balaban J connectivity index is 1.83. The molecule has 5 heteroatoms. The lowest BCUT2D eigenvalue weighted by atomic mass is 10.1. The Morgan fingerprint density at radius 1 is 1.05 bits per heavy atom. The van der Waals surface area contributed by atoms with E-state index >= 15 is 0 Å². The number of rotatable bonds is 8. The van der Waals surface area contributed by atoms with E-state index in [4.69, 9.17) is 0 Å². The van der Waals surface area contributed by atoms with E-state index in [1.165, 1.54) is 32.1 Å². The molecule has 2 heterocycles. The second-order valence-electron chi connectivity index (χ2n) is 4.71. The van der Waals surface area contributed by atoms with Gasteiger partial charge in [0.2, 0.25) is 5.82 Å². The van der Waals surface area contributed by atoms with Crippen molar-refractivity contribution in [3.8, 4) is 11.5 Å². The highest BCUT2D eigenvalue weighted by atomic mass is 15.5. The SMILES string of the molecule is CCCCCCCCn1nnnc1-c1ccccn1. The van der Waals surface area contributed by atoms with Crippen molar-refractivity contribution in [2.75, 3.05) is 0 Å². The normalized spacial score (nSPS) is 10.8. The lowest BCUT2D eigenvalue weighted by Crippen LogP contribution is -2.03. The van der Waals surface area contributed by atoms with Crippen LogP contribution in [0.3, 0.4) is 0 Å². The zero-order valence-electron chi connectivity index (χ0n) is 11.5. The second kappa shape index (κ2) is 7.61. The van der Waals surface area contributed by atoms with Crippen LogP contribution in [0, 0.1) is 0 Å². The Morgan fingerprint density at radius 3 is 2.68 bits per heavy atom. The molecule has 0 aliphatic heterocycles. The molecule has 0 spiro atoms. The zero-order valence-corrected chi connectivity index (χ0v) is 11.5. The first kappa shape index (κ1) is 13.6. The van der Waals surface area contributed by atoms with Crippen LogP contribution in [-0.4, -0.2) is 25.2 Å². The summed E-state index contributed by atoms with van der Waals surface area (Å²) in [5, 5.41) is 11.8. The van der Waals surface area contributed by atoms with Gasteiger partial charge in [-0.25, -0.2) is 4.68 Å². The Morgan fingerprint density at radius 2 is 1.89 bits per heavy atom. The van der Waals surface area contributed by atoms with Crippen molar-refractivity contribution in [1.82, 2.24) is 25.2 Å². The van der Waals surface area contributed by atoms with Gasteiger partial charge in [-0.05, 0) is 29.0 Å². The van der Waals surface area contributed by atoms with E-state index in [0.717, 1.165) is 24.5 Å². The van der Waals surface area contributed by atoms with Gasteiger partial charge in [-0.2, -0.15) is 0 Å². The van der Waals surface area contributed by atoms with Crippen LogP contribution >= 0.6 is 0 Å². The van der Waals surface area contributed by atoms with Crippen molar-refractivity contribution in [3.05, 3.63) is 24.4 Å². The molecule has 0 aromatic carbocycles. The molecule has 0 atom stereocenters.